The molecule has 0 saturated heterocycles. The van der Waals surface area contributed by atoms with Gasteiger partial charge in [-0.25, -0.2) is 0 Å². The maximum absolute atomic E-state index is 11.9. The van der Waals surface area contributed by atoms with E-state index in [1.165, 1.54) is 0 Å². The van der Waals surface area contributed by atoms with Crippen LogP contribution in [0.5, 0.6) is 0 Å². The van der Waals surface area contributed by atoms with Gasteiger partial charge in [-0.2, -0.15) is 0 Å². The third-order valence-corrected chi connectivity index (χ3v) is 3.30. The predicted octanol–water partition coefficient (Wildman–Crippen LogP) is 1.40. The average molecular weight is 238 g/mol. The first-order valence-electron chi connectivity index (χ1n) is 6.02. The number of carbonyl (C=O) groups is 1. The van der Waals surface area contributed by atoms with Crippen molar-refractivity contribution in [2.45, 2.75) is 51.0 Å². The van der Waals surface area contributed by atoms with Crippen molar-refractivity contribution in [3.05, 3.63) is 5.89 Å². The number of aromatic nitrogens is 2. The molecule has 0 spiro atoms. The van der Waals surface area contributed by atoms with Gasteiger partial charge in [0.25, 0.3) is 0 Å². The molecule has 1 aliphatic carbocycles. The number of nitrogens with two attached hydrogens (primary N) is 1. The van der Waals surface area contributed by atoms with E-state index in [0.29, 0.717) is 24.7 Å². The SMILES string of the molecule is CCC(N)(CC)C(=O)Nc1nnc(C2CC2)o1. The van der Waals surface area contributed by atoms with Crippen molar-refractivity contribution >= 4 is 11.9 Å². The van der Waals surface area contributed by atoms with Gasteiger partial charge in [-0.1, -0.05) is 18.9 Å². The molecule has 1 aromatic heterocycles. The van der Waals surface area contributed by atoms with Gasteiger partial charge in [0.1, 0.15) is 0 Å². The molecule has 94 valence electrons. The van der Waals surface area contributed by atoms with Crippen LogP contribution < -0.4 is 11.1 Å². The summed E-state index contributed by atoms with van der Waals surface area (Å²) in [7, 11) is 0. The van der Waals surface area contributed by atoms with Gasteiger partial charge in [-0.15, -0.1) is 5.10 Å². The van der Waals surface area contributed by atoms with Crippen LogP contribution in [0.2, 0.25) is 0 Å². The smallest absolute Gasteiger partial charge is 0.322 e. The lowest BCUT2D eigenvalue weighted by molar-refractivity contribution is -0.121. The number of anilines is 1. The molecule has 1 saturated carbocycles. The Bertz CT molecular complexity index is 407. The molecular weight excluding hydrogens is 220 g/mol. The average Bonchev–Trinajstić information content (AvgIpc) is 3.09. The van der Waals surface area contributed by atoms with E-state index in [1.807, 2.05) is 13.8 Å². The van der Waals surface area contributed by atoms with Gasteiger partial charge in [-0.3, -0.25) is 10.1 Å². The van der Waals surface area contributed by atoms with Crippen molar-refractivity contribution in [3.63, 3.8) is 0 Å². The normalized spacial score (nSPS) is 15.9. The minimum atomic E-state index is -0.867. The fourth-order valence-corrected chi connectivity index (χ4v) is 1.57. The third-order valence-electron chi connectivity index (χ3n) is 3.30. The second-order valence-corrected chi connectivity index (χ2v) is 4.54. The number of hydrogen-bond acceptors (Lipinski definition) is 5. The maximum atomic E-state index is 11.9. The van der Waals surface area contributed by atoms with Gasteiger partial charge in [0.2, 0.25) is 11.8 Å². The number of rotatable bonds is 5. The molecule has 17 heavy (non-hydrogen) atoms. The van der Waals surface area contributed by atoms with E-state index in [4.69, 9.17) is 10.2 Å². The molecule has 0 radical (unpaired) electrons. The number of nitrogens with zero attached hydrogens (tertiary/aromatic N) is 2. The first-order valence-corrected chi connectivity index (χ1v) is 6.02. The van der Waals surface area contributed by atoms with Crippen LogP contribution in [-0.2, 0) is 4.79 Å². The Morgan fingerprint density at radius 2 is 2.12 bits per heavy atom. The summed E-state index contributed by atoms with van der Waals surface area (Å²) >= 11 is 0. The van der Waals surface area contributed by atoms with Crippen molar-refractivity contribution in [2.24, 2.45) is 5.73 Å². The first-order chi connectivity index (χ1) is 8.09. The summed E-state index contributed by atoms with van der Waals surface area (Å²) in [5, 5.41) is 10.3. The van der Waals surface area contributed by atoms with Crippen molar-refractivity contribution in [3.8, 4) is 0 Å². The number of amides is 1. The Hall–Kier alpha value is -1.43. The summed E-state index contributed by atoms with van der Waals surface area (Å²) in [5.41, 5.74) is 5.10. The summed E-state index contributed by atoms with van der Waals surface area (Å²) in [6.45, 7) is 3.76. The maximum Gasteiger partial charge on any atom is 0.322 e. The minimum Gasteiger partial charge on any atom is -0.408 e. The molecule has 0 aliphatic heterocycles. The first kappa shape index (κ1) is 12.0. The minimum absolute atomic E-state index is 0.147. The highest BCUT2D eigenvalue weighted by atomic mass is 16.4. The van der Waals surface area contributed by atoms with Crippen molar-refractivity contribution in [2.75, 3.05) is 5.32 Å². The van der Waals surface area contributed by atoms with E-state index >= 15 is 0 Å². The van der Waals surface area contributed by atoms with Crippen LogP contribution >= 0.6 is 0 Å². The molecule has 1 aliphatic rings. The van der Waals surface area contributed by atoms with Crippen LogP contribution in [0, 0.1) is 0 Å². The lowest BCUT2D eigenvalue weighted by Crippen LogP contribution is -2.50. The molecule has 0 bridgehead atoms. The molecule has 0 aromatic carbocycles. The number of carbonyl (C=O) groups excluding carboxylic acids is 1. The summed E-state index contributed by atoms with van der Waals surface area (Å²) in [6.07, 6.45) is 3.30. The molecule has 0 atom stereocenters. The molecule has 0 unspecified atom stereocenters. The fraction of sp³-hybridized carbons (Fsp3) is 0.727. The Kier molecular flexibility index (Phi) is 3.15. The summed E-state index contributed by atoms with van der Waals surface area (Å²) in [5.74, 6) is 0.720. The molecule has 1 fully saturated rings. The number of nitrogens with one attached hydrogen (secondary N) is 1. The molecule has 6 heteroatoms. The second-order valence-electron chi connectivity index (χ2n) is 4.54. The van der Waals surface area contributed by atoms with Gasteiger partial charge in [0, 0.05) is 5.92 Å². The quantitative estimate of drug-likeness (QED) is 0.808. The zero-order valence-corrected chi connectivity index (χ0v) is 10.2. The molecular formula is C11H18N4O2. The van der Waals surface area contributed by atoms with Crippen LogP contribution in [0.4, 0.5) is 6.01 Å². The monoisotopic (exact) mass is 238 g/mol. The topological polar surface area (TPSA) is 94.0 Å². The standard InChI is InChI=1S/C11H18N4O2/c1-3-11(12,4-2)9(16)13-10-15-14-8(17-10)7-5-6-7/h7H,3-6,12H2,1-2H3,(H,13,15,16). The van der Waals surface area contributed by atoms with Gasteiger partial charge in [-0.05, 0) is 25.7 Å². The zero-order valence-electron chi connectivity index (χ0n) is 10.2. The van der Waals surface area contributed by atoms with E-state index in [1.54, 1.807) is 0 Å². The van der Waals surface area contributed by atoms with Crippen LogP contribution in [0.25, 0.3) is 0 Å². The number of hydrogen-bond donors (Lipinski definition) is 2. The van der Waals surface area contributed by atoms with E-state index in [0.717, 1.165) is 12.8 Å². The predicted molar refractivity (Wildman–Crippen MR) is 62.4 cm³/mol. The summed E-state index contributed by atoms with van der Waals surface area (Å²) in [4.78, 5) is 11.9. The third kappa shape index (κ3) is 2.46. The van der Waals surface area contributed by atoms with Crippen LogP contribution in [0.15, 0.2) is 4.42 Å². The highest BCUT2D eigenvalue weighted by Gasteiger charge is 2.33. The molecule has 1 heterocycles. The van der Waals surface area contributed by atoms with Gasteiger partial charge in [0.05, 0.1) is 5.54 Å². The molecule has 2 rings (SSSR count). The zero-order chi connectivity index (χ0) is 12.5. The second kappa shape index (κ2) is 4.44. The molecule has 1 aromatic rings. The Labute approximate surface area is 100.0 Å². The Balaban J connectivity index is 2.01. The van der Waals surface area contributed by atoms with Crippen molar-refractivity contribution in [1.29, 1.82) is 0 Å². The van der Waals surface area contributed by atoms with Crippen molar-refractivity contribution < 1.29 is 9.21 Å². The summed E-state index contributed by atoms with van der Waals surface area (Å²) < 4.78 is 5.35. The Morgan fingerprint density at radius 3 is 2.65 bits per heavy atom. The largest absolute Gasteiger partial charge is 0.408 e. The van der Waals surface area contributed by atoms with Crippen LogP contribution in [0.3, 0.4) is 0 Å². The van der Waals surface area contributed by atoms with E-state index in [9.17, 15) is 4.79 Å². The molecule has 3 N–H and O–H groups in total. The Morgan fingerprint density at radius 1 is 1.47 bits per heavy atom. The highest BCUT2D eigenvalue weighted by molar-refractivity contribution is 5.96. The van der Waals surface area contributed by atoms with E-state index < -0.39 is 5.54 Å². The highest BCUT2D eigenvalue weighted by Crippen LogP contribution is 2.39. The lowest BCUT2D eigenvalue weighted by Gasteiger charge is -2.23. The summed E-state index contributed by atoms with van der Waals surface area (Å²) in [6, 6.07) is 0.147. The van der Waals surface area contributed by atoms with Crippen LogP contribution in [0.1, 0.15) is 51.3 Å². The van der Waals surface area contributed by atoms with Crippen LogP contribution in [-0.4, -0.2) is 21.6 Å². The van der Waals surface area contributed by atoms with Gasteiger partial charge in [0.15, 0.2) is 0 Å². The van der Waals surface area contributed by atoms with Gasteiger partial charge < -0.3 is 10.2 Å². The van der Waals surface area contributed by atoms with Gasteiger partial charge >= 0.3 is 6.01 Å². The lowest BCUT2D eigenvalue weighted by atomic mass is 9.93. The fourth-order valence-electron chi connectivity index (χ4n) is 1.57. The van der Waals surface area contributed by atoms with E-state index in [2.05, 4.69) is 15.5 Å². The molecule has 1 amide bonds. The van der Waals surface area contributed by atoms with E-state index in [-0.39, 0.29) is 11.9 Å². The molecule has 6 nitrogen and oxygen atoms in total. The van der Waals surface area contributed by atoms with Crippen molar-refractivity contribution in [1.82, 2.24) is 10.2 Å².